The van der Waals surface area contributed by atoms with Crippen molar-refractivity contribution in [3.05, 3.63) is 23.4 Å². The molecule has 0 amide bonds. The van der Waals surface area contributed by atoms with E-state index in [0.717, 1.165) is 5.82 Å². The van der Waals surface area contributed by atoms with E-state index in [1.807, 2.05) is 19.0 Å². The molecule has 1 N–H and O–H groups in total. The van der Waals surface area contributed by atoms with Gasteiger partial charge in [-0.3, -0.25) is 0 Å². The van der Waals surface area contributed by atoms with Gasteiger partial charge in [0.05, 0.1) is 11.3 Å². The van der Waals surface area contributed by atoms with Crippen LogP contribution in [0.3, 0.4) is 0 Å². The van der Waals surface area contributed by atoms with E-state index < -0.39 is 5.97 Å². The number of carboxylic acids is 1. The van der Waals surface area contributed by atoms with Crippen LogP contribution in [0.15, 0.2) is 12.1 Å². The molecule has 1 aromatic heterocycles. The van der Waals surface area contributed by atoms with Gasteiger partial charge in [0.1, 0.15) is 5.82 Å². The van der Waals surface area contributed by atoms with E-state index in [1.165, 1.54) is 0 Å². The third-order valence-corrected chi connectivity index (χ3v) is 1.76. The van der Waals surface area contributed by atoms with Crippen LogP contribution in [0, 0.1) is 6.92 Å². The van der Waals surface area contributed by atoms with Crippen molar-refractivity contribution in [3.8, 4) is 0 Å². The van der Waals surface area contributed by atoms with Crippen molar-refractivity contribution in [1.82, 2.24) is 4.98 Å². The van der Waals surface area contributed by atoms with Crippen LogP contribution >= 0.6 is 12.4 Å². The van der Waals surface area contributed by atoms with Gasteiger partial charge >= 0.3 is 5.97 Å². The molecule has 1 aromatic rings. The second kappa shape index (κ2) is 4.81. The number of aryl methyl sites for hydroxylation is 1. The van der Waals surface area contributed by atoms with Crippen molar-refractivity contribution in [1.29, 1.82) is 0 Å². The van der Waals surface area contributed by atoms with Crippen molar-refractivity contribution in [3.63, 3.8) is 0 Å². The summed E-state index contributed by atoms with van der Waals surface area (Å²) in [4.78, 5) is 16.6. The highest BCUT2D eigenvalue weighted by molar-refractivity contribution is 5.89. The fourth-order valence-corrected chi connectivity index (χ4v) is 1.02. The summed E-state index contributed by atoms with van der Waals surface area (Å²) in [6.45, 7) is 1.69. The van der Waals surface area contributed by atoms with Gasteiger partial charge in [0.15, 0.2) is 0 Å². The smallest absolute Gasteiger partial charge is 0.337 e. The molecule has 0 saturated carbocycles. The molecule has 78 valence electrons. The van der Waals surface area contributed by atoms with Crippen LogP contribution in [0.2, 0.25) is 0 Å². The van der Waals surface area contributed by atoms with Gasteiger partial charge < -0.3 is 10.0 Å². The predicted octanol–water partition coefficient (Wildman–Crippen LogP) is 1.58. The Kier molecular flexibility index (Phi) is 4.37. The summed E-state index contributed by atoms with van der Waals surface area (Å²) in [7, 11) is 3.73. The van der Waals surface area contributed by atoms with Crippen LogP contribution in [0.4, 0.5) is 5.82 Å². The molecule has 0 radical (unpaired) electrons. The Morgan fingerprint density at radius 2 is 2.00 bits per heavy atom. The van der Waals surface area contributed by atoms with Gasteiger partial charge in [0, 0.05) is 14.1 Å². The standard InChI is InChI=1S/C9H12N2O2.ClH/c1-6-7(9(12)13)4-5-8(10-6)11(2)3;/h4-5H,1-3H3,(H,12,13);1H. The number of hydrogen-bond donors (Lipinski definition) is 1. The lowest BCUT2D eigenvalue weighted by molar-refractivity contribution is 0.0695. The van der Waals surface area contributed by atoms with Gasteiger partial charge in [-0.25, -0.2) is 9.78 Å². The minimum atomic E-state index is -0.935. The third kappa shape index (κ3) is 2.60. The van der Waals surface area contributed by atoms with Crippen molar-refractivity contribution >= 4 is 24.2 Å². The van der Waals surface area contributed by atoms with E-state index >= 15 is 0 Å². The summed E-state index contributed by atoms with van der Waals surface area (Å²) in [6, 6.07) is 3.26. The van der Waals surface area contributed by atoms with Crippen molar-refractivity contribution in [2.75, 3.05) is 19.0 Å². The predicted molar refractivity (Wildman–Crippen MR) is 57.5 cm³/mol. The monoisotopic (exact) mass is 216 g/mol. The number of aromatic nitrogens is 1. The minimum absolute atomic E-state index is 0. The van der Waals surface area contributed by atoms with Gasteiger partial charge in [0.25, 0.3) is 0 Å². The second-order valence-electron chi connectivity index (χ2n) is 3.00. The summed E-state index contributed by atoms with van der Waals surface area (Å²) < 4.78 is 0. The number of anilines is 1. The summed E-state index contributed by atoms with van der Waals surface area (Å²) in [5, 5.41) is 8.74. The summed E-state index contributed by atoms with van der Waals surface area (Å²) in [6.07, 6.45) is 0. The molecule has 1 rings (SSSR count). The topological polar surface area (TPSA) is 53.4 Å². The second-order valence-corrected chi connectivity index (χ2v) is 3.00. The molecule has 0 spiro atoms. The fourth-order valence-electron chi connectivity index (χ4n) is 1.02. The van der Waals surface area contributed by atoms with Crippen molar-refractivity contribution in [2.24, 2.45) is 0 Å². The van der Waals surface area contributed by atoms with Gasteiger partial charge in [-0.05, 0) is 19.1 Å². The Morgan fingerprint density at radius 3 is 2.36 bits per heavy atom. The molecule has 0 aliphatic heterocycles. The normalized spacial score (nSPS) is 9.07. The van der Waals surface area contributed by atoms with Crippen LogP contribution in [0.5, 0.6) is 0 Å². The Labute approximate surface area is 89.0 Å². The van der Waals surface area contributed by atoms with Gasteiger partial charge in [0.2, 0.25) is 0 Å². The molecule has 14 heavy (non-hydrogen) atoms. The van der Waals surface area contributed by atoms with E-state index in [1.54, 1.807) is 19.1 Å². The first-order valence-electron chi connectivity index (χ1n) is 3.90. The first-order chi connectivity index (χ1) is 6.02. The Bertz CT molecular complexity index is 340. The van der Waals surface area contributed by atoms with Crippen molar-refractivity contribution < 1.29 is 9.90 Å². The molecule has 0 atom stereocenters. The minimum Gasteiger partial charge on any atom is -0.478 e. The van der Waals surface area contributed by atoms with Gasteiger partial charge in [-0.2, -0.15) is 0 Å². The van der Waals surface area contributed by atoms with Gasteiger partial charge in [-0.1, -0.05) is 0 Å². The zero-order valence-electron chi connectivity index (χ0n) is 8.31. The van der Waals surface area contributed by atoms with Gasteiger partial charge in [-0.15, -0.1) is 12.4 Å². The maximum absolute atomic E-state index is 10.6. The third-order valence-electron chi connectivity index (χ3n) is 1.76. The maximum atomic E-state index is 10.6. The molecule has 0 bridgehead atoms. The Morgan fingerprint density at radius 1 is 1.43 bits per heavy atom. The number of carboxylic acid groups (broad SMARTS) is 1. The fraction of sp³-hybridized carbons (Fsp3) is 0.333. The lowest BCUT2D eigenvalue weighted by Crippen LogP contribution is -2.12. The number of rotatable bonds is 2. The number of halogens is 1. The highest BCUT2D eigenvalue weighted by atomic mass is 35.5. The summed E-state index contributed by atoms with van der Waals surface area (Å²) in [5.41, 5.74) is 0.796. The molecule has 0 aliphatic rings. The molecule has 4 nitrogen and oxygen atoms in total. The molecule has 0 aliphatic carbocycles. The SMILES string of the molecule is Cc1nc(N(C)C)ccc1C(=O)O.Cl. The molecule has 0 fully saturated rings. The number of carbonyl (C=O) groups is 1. The molecule has 1 heterocycles. The largest absolute Gasteiger partial charge is 0.478 e. The lowest BCUT2D eigenvalue weighted by Gasteiger charge is -2.12. The van der Waals surface area contributed by atoms with Crippen LogP contribution in [0.25, 0.3) is 0 Å². The van der Waals surface area contributed by atoms with E-state index in [4.69, 9.17) is 5.11 Å². The van der Waals surface area contributed by atoms with Crippen LogP contribution in [-0.2, 0) is 0 Å². The van der Waals surface area contributed by atoms with E-state index in [9.17, 15) is 4.79 Å². The first kappa shape index (κ1) is 12.7. The maximum Gasteiger partial charge on any atom is 0.337 e. The highest BCUT2D eigenvalue weighted by Crippen LogP contribution is 2.12. The molecule has 5 heteroatoms. The number of hydrogen-bond acceptors (Lipinski definition) is 3. The molecular formula is C9H13ClN2O2. The summed E-state index contributed by atoms with van der Waals surface area (Å²) in [5.74, 6) is -0.169. The number of pyridine rings is 1. The summed E-state index contributed by atoms with van der Waals surface area (Å²) >= 11 is 0. The lowest BCUT2D eigenvalue weighted by atomic mass is 10.2. The molecule has 0 aromatic carbocycles. The number of nitrogens with zero attached hydrogens (tertiary/aromatic N) is 2. The van der Waals surface area contributed by atoms with Crippen LogP contribution in [0.1, 0.15) is 16.1 Å². The quantitative estimate of drug-likeness (QED) is 0.816. The van der Waals surface area contributed by atoms with Crippen LogP contribution in [-0.4, -0.2) is 30.2 Å². The van der Waals surface area contributed by atoms with Crippen LogP contribution < -0.4 is 4.90 Å². The van der Waals surface area contributed by atoms with E-state index in [2.05, 4.69) is 4.98 Å². The average molecular weight is 217 g/mol. The Balaban J connectivity index is 0.00000169. The zero-order valence-corrected chi connectivity index (χ0v) is 9.13. The van der Waals surface area contributed by atoms with E-state index in [-0.39, 0.29) is 18.0 Å². The average Bonchev–Trinajstić information content (AvgIpc) is 2.03. The molecular weight excluding hydrogens is 204 g/mol. The first-order valence-corrected chi connectivity index (χ1v) is 3.90. The molecule has 0 unspecified atom stereocenters. The van der Waals surface area contributed by atoms with Crippen molar-refractivity contribution in [2.45, 2.75) is 6.92 Å². The number of aromatic carboxylic acids is 1. The zero-order chi connectivity index (χ0) is 10.0. The Hall–Kier alpha value is -1.29. The van der Waals surface area contributed by atoms with E-state index in [0.29, 0.717) is 5.69 Å². The molecule has 0 saturated heterocycles. The highest BCUT2D eigenvalue weighted by Gasteiger charge is 2.08.